The molecule has 0 heterocycles. The summed E-state index contributed by atoms with van der Waals surface area (Å²) in [5, 5.41) is 3.57. The lowest BCUT2D eigenvalue weighted by Crippen LogP contribution is -2.23. The third-order valence-corrected chi connectivity index (χ3v) is 4.25. The van der Waals surface area contributed by atoms with Crippen molar-refractivity contribution in [3.63, 3.8) is 0 Å². The van der Waals surface area contributed by atoms with E-state index in [-0.39, 0.29) is 0 Å². The van der Waals surface area contributed by atoms with Crippen LogP contribution in [0.4, 0.5) is 0 Å². The maximum atomic E-state index is 3.57. The molecule has 0 radical (unpaired) electrons. The Morgan fingerprint density at radius 3 is 2.67 bits per heavy atom. The van der Waals surface area contributed by atoms with Crippen molar-refractivity contribution in [3.05, 3.63) is 34.3 Å². The summed E-state index contributed by atoms with van der Waals surface area (Å²) < 4.78 is 1.21. The fourth-order valence-electron chi connectivity index (χ4n) is 1.94. The molecule has 0 aromatic heterocycles. The molecule has 0 unspecified atom stereocenters. The summed E-state index contributed by atoms with van der Waals surface area (Å²) in [5.41, 5.74) is 1.99. The molecule has 0 saturated heterocycles. The van der Waals surface area contributed by atoms with Gasteiger partial charge >= 0.3 is 0 Å². The summed E-state index contributed by atoms with van der Waals surface area (Å²) in [6, 6.07) is 8.42. The Balaban J connectivity index is 1.81. The molecule has 1 fully saturated rings. The number of halogens is 1. The molecule has 0 bridgehead atoms. The molecule has 1 aliphatic carbocycles. The van der Waals surface area contributed by atoms with Crippen LogP contribution in [0.1, 0.15) is 31.7 Å². The molecular weight excluding hydrogens is 250 g/mol. The number of hydrogen-bond acceptors (Lipinski definition) is 1. The molecule has 15 heavy (non-hydrogen) atoms. The average Bonchev–Trinajstić information content (AvgIpc) is 3.02. The van der Waals surface area contributed by atoms with Crippen LogP contribution in [0.5, 0.6) is 0 Å². The zero-order valence-corrected chi connectivity index (χ0v) is 10.8. The molecule has 2 heteroatoms. The third-order valence-electron chi connectivity index (χ3n) is 3.48. The van der Waals surface area contributed by atoms with E-state index in [9.17, 15) is 0 Å². The lowest BCUT2D eigenvalue weighted by molar-refractivity contribution is 0.443. The fraction of sp³-hybridized carbons (Fsp3) is 0.538. The van der Waals surface area contributed by atoms with Crippen LogP contribution < -0.4 is 5.32 Å². The third kappa shape index (κ3) is 2.82. The van der Waals surface area contributed by atoms with Crippen molar-refractivity contribution in [2.45, 2.75) is 32.7 Å². The molecule has 82 valence electrons. The van der Waals surface area contributed by atoms with Crippen LogP contribution in [0, 0.1) is 5.41 Å². The Morgan fingerprint density at radius 2 is 2.07 bits per heavy atom. The maximum Gasteiger partial charge on any atom is 0.0220 e. The van der Waals surface area contributed by atoms with Crippen LogP contribution in [0.2, 0.25) is 0 Å². The molecule has 1 aromatic carbocycles. The first-order chi connectivity index (χ1) is 7.26. The highest BCUT2D eigenvalue weighted by atomic mass is 79.9. The van der Waals surface area contributed by atoms with E-state index >= 15 is 0 Å². The first-order valence-corrected chi connectivity index (χ1v) is 6.49. The van der Waals surface area contributed by atoms with Gasteiger partial charge in [-0.05, 0) is 36.3 Å². The highest BCUT2D eigenvalue weighted by molar-refractivity contribution is 9.10. The minimum Gasteiger partial charge on any atom is -0.312 e. The lowest BCUT2D eigenvalue weighted by atomic mass is 10.0. The number of rotatable bonds is 5. The van der Waals surface area contributed by atoms with Gasteiger partial charge in [-0.25, -0.2) is 0 Å². The minimum absolute atomic E-state index is 0.640. The van der Waals surface area contributed by atoms with Gasteiger partial charge in [-0.3, -0.25) is 0 Å². The van der Waals surface area contributed by atoms with Gasteiger partial charge in [0.15, 0.2) is 0 Å². The Hall–Kier alpha value is -0.340. The van der Waals surface area contributed by atoms with Crippen molar-refractivity contribution < 1.29 is 0 Å². The molecule has 2 rings (SSSR count). The van der Waals surface area contributed by atoms with E-state index in [0.29, 0.717) is 5.41 Å². The van der Waals surface area contributed by atoms with Crippen molar-refractivity contribution in [1.82, 2.24) is 5.32 Å². The standard InChI is InChI=1S/C13H18BrN/c1-2-13(7-8-13)10-15-9-11-5-3-4-6-12(11)14/h3-6,15H,2,7-10H2,1H3. The molecule has 0 spiro atoms. The normalized spacial score (nSPS) is 17.7. The number of nitrogens with one attached hydrogen (secondary N) is 1. The van der Waals surface area contributed by atoms with E-state index in [1.807, 2.05) is 0 Å². The van der Waals surface area contributed by atoms with E-state index < -0.39 is 0 Å². The summed E-state index contributed by atoms with van der Waals surface area (Å²) >= 11 is 3.57. The average molecular weight is 268 g/mol. The summed E-state index contributed by atoms with van der Waals surface area (Å²) in [5.74, 6) is 0. The smallest absolute Gasteiger partial charge is 0.0220 e. The molecule has 0 aliphatic heterocycles. The van der Waals surface area contributed by atoms with Gasteiger partial charge in [-0.2, -0.15) is 0 Å². The molecule has 0 atom stereocenters. The van der Waals surface area contributed by atoms with Gasteiger partial charge in [0.25, 0.3) is 0 Å². The molecule has 1 N–H and O–H groups in total. The van der Waals surface area contributed by atoms with Crippen molar-refractivity contribution in [1.29, 1.82) is 0 Å². The number of hydrogen-bond donors (Lipinski definition) is 1. The lowest BCUT2D eigenvalue weighted by Gasteiger charge is -2.13. The topological polar surface area (TPSA) is 12.0 Å². The van der Waals surface area contributed by atoms with Gasteiger partial charge in [-0.1, -0.05) is 41.1 Å². The van der Waals surface area contributed by atoms with E-state index in [2.05, 4.69) is 52.4 Å². The summed E-state index contributed by atoms with van der Waals surface area (Å²) in [6.07, 6.45) is 4.13. The van der Waals surface area contributed by atoms with Crippen molar-refractivity contribution in [3.8, 4) is 0 Å². The van der Waals surface area contributed by atoms with Crippen molar-refractivity contribution in [2.24, 2.45) is 5.41 Å². The zero-order chi connectivity index (χ0) is 10.7. The minimum atomic E-state index is 0.640. The van der Waals surface area contributed by atoms with Gasteiger partial charge in [0, 0.05) is 17.6 Å². The highest BCUT2D eigenvalue weighted by Crippen LogP contribution is 2.47. The van der Waals surface area contributed by atoms with E-state index in [1.54, 1.807) is 0 Å². The molecule has 1 nitrogen and oxygen atoms in total. The Kier molecular flexibility index (Phi) is 3.47. The quantitative estimate of drug-likeness (QED) is 0.858. The van der Waals surface area contributed by atoms with Crippen LogP contribution >= 0.6 is 15.9 Å². The second-order valence-corrected chi connectivity index (χ2v) is 5.40. The summed E-state index contributed by atoms with van der Waals surface area (Å²) in [4.78, 5) is 0. The second kappa shape index (κ2) is 4.67. The van der Waals surface area contributed by atoms with E-state index in [4.69, 9.17) is 0 Å². The van der Waals surface area contributed by atoms with E-state index in [1.165, 1.54) is 35.8 Å². The van der Waals surface area contributed by atoms with Crippen molar-refractivity contribution in [2.75, 3.05) is 6.54 Å². The second-order valence-electron chi connectivity index (χ2n) is 4.55. The first kappa shape index (κ1) is 11.2. The van der Waals surface area contributed by atoms with Crippen LogP contribution in [-0.4, -0.2) is 6.54 Å². The monoisotopic (exact) mass is 267 g/mol. The van der Waals surface area contributed by atoms with Crippen molar-refractivity contribution >= 4 is 15.9 Å². The van der Waals surface area contributed by atoms with Crippen LogP contribution in [0.15, 0.2) is 28.7 Å². The largest absolute Gasteiger partial charge is 0.312 e. The molecule has 1 aromatic rings. The first-order valence-electron chi connectivity index (χ1n) is 5.70. The fourth-order valence-corrected chi connectivity index (χ4v) is 2.36. The van der Waals surface area contributed by atoms with Gasteiger partial charge in [-0.15, -0.1) is 0 Å². The number of benzene rings is 1. The Morgan fingerprint density at radius 1 is 1.33 bits per heavy atom. The van der Waals surface area contributed by atoms with Gasteiger partial charge < -0.3 is 5.32 Å². The van der Waals surface area contributed by atoms with Gasteiger partial charge in [0.2, 0.25) is 0 Å². The van der Waals surface area contributed by atoms with E-state index in [0.717, 1.165) is 6.54 Å². The summed E-state index contributed by atoms with van der Waals surface area (Å²) in [7, 11) is 0. The van der Waals surface area contributed by atoms with Crippen LogP contribution in [0.25, 0.3) is 0 Å². The zero-order valence-electron chi connectivity index (χ0n) is 9.22. The predicted octanol–water partition coefficient (Wildman–Crippen LogP) is 3.73. The SMILES string of the molecule is CCC1(CNCc2ccccc2Br)CC1. The van der Waals surface area contributed by atoms with Crippen LogP contribution in [0.3, 0.4) is 0 Å². The maximum absolute atomic E-state index is 3.57. The van der Waals surface area contributed by atoms with Gasteiger partial charge in [0.1, 0.15) is 0 Å². The molecule has 0 amide bonds. The molecular formula is C13H18BrN. The van der Waals surface area contributed by atoms with Crippen LogP contribution in [-0.2, 0) is 6.54 Å². The molecule has 1 saturated carbocycles. The Bertz CT molecular complexity index is 331. The predicted molar refractivity (Wildman–Crippen MR) is 67.8 cm³/mol. The highest BCUT2D eigenvalue weighted by Gasteiger charge is 2.39. The summed E-state index contributed by atoms with van der Waals surface area (Å²) in [6.45, 7) is 4.45. The molecule has 1 aliphatic rings. The van der Waals surface area contributed by atoms with Gasteiger partial charge in [0.05, 0.1) is 0 Å². The Labute approximate surface area is 100 Å².